The van der Waals surface area contributed by atoms with Gasteiger partial charge in [0.15, 0.2) is 0 Å². The molecule has 0 radical (unpaired) electrons. The lowest BCUT2D eigenvalue weighted by Crippen LogP contribution is -1.57. The molecule has 0 atom stereocenters. The first-order valence-electron chi connectivity index (χ1n) is 14.4. The van der Waals surface area contributed by atoms with E-state index >= 15 is 0 Å². The van der Waals surface area contributed by atoms with Crippen molar-refractivity contribution in [2.75, 3.05) is 6.26 Å². The molecule has 0 aromatic heterocycles. The third kappa shape index (κ3) is 44.0. The Bertz CT molecular complexity index is 3600. The van der Waals surface area contributed by atoms with Crippen molar-refractivity contribution in [2.24, 2.45) is 0 Å². The Morgan fingerprint density at radius 3 is 0.379 bits per heavy atom. The van der Waals surface area contributed by atoms with E-state index in [-0.39, 0.29) is 0 Å². The fourth-order valence-electron chi connectivity index (χ4n) is 1.71. The lowest BCUT2D eigenvalue weighted by molar-refractivity contribution is 2.31. The smallest absolute Gasteiger partial charge is 0 e. The maximum atomic E-state index is 4.94. The lowest BCUT2D eigenvalue weighted by atomic mass is 10.4. The van der Waals surface area contributed by atoms with Gasteiger partial charge in [0.1, 0.15) is 0 Å². The van der Waals surface area contributed by atoms with Gasteiger partial charge < -0.3 is 0 Å². The molecular formula is C57H4S. The van der Waals surface area contributed by atoms with E-state index in [0.717, 1.165) is 0 Å². The summed E-state index contributed by atoms with van der Waals surface area (Å²) in [5.74, 6) is 134. The molecule has 0 amide bonds. The molecule has 0 bridgehead atoms. The summed E-state index contributed by atoms with van der Waals surface area (Å²) in [6.45, 7) is 0. The molecule has 0 fully saturated rings. The van der Waals surface area contributed by atoms with E-state index in [1.807, 2.05) is 6.26 Å². The van der Waals surface area contributed by atoms with E-state index in [1.54, 1.807) is 0 Å². The van der Waals surface area contributed by atoms with Crippen molar-refractivity contribution < 1.29 is 0 Å². The van der Waals surface area contributed by atoms with Crippen LogP contribution in [0.2, 0.25) is 0 Å². The molecule has 0 N–H and O–H groups in total. The Hall–Kier alpha value is -12.0. The average molecular weight is 721 g/mol. The fraction of sp³-hybridized carbons (Fsp3) is 0.0175. The second-order valence-corrected chi connectivity index (χ2v) is 7.69. The van der Waals surface area contributed by atoms with E-state index < -0.39 is 0 Å². The maximum absolute atomic E-state index is 4.94. The van der Waals surface area contributed by atoms with Crippen molar-refractivity contribution >= 4 is 11.8 Å². The minimum absolute atomic E-state index is 1.37. The molecule has 0 heterocycles. The largest absolute Gasteiger partial charge is 0.106 e. The molecule has 0 spiro atoms. The van der Waals surface area contributed by atoms with Crippen molar-refractivity contribution in [1.29, 1.82) is 0 Å². The Morgan fingerprint density at radius 2 is 0.276 bits per heavy atom. The molecule has 0 rings (SSSR count). The van der Waals surface area contributed by atoms with Gasteiger partial charge in [-0.25, -0.2) is 0 Å². The Kier molecular flexibility index (Phi) is 35.7. The summed E-state index contributed by atoms with van der Waals surface area (Å²) < 4.78 is 0. The third-order valence-electron chi connectivity index (χ3n) is 3.48. The lowest BCUT2D eigenvalue weighted by Gasteiger charge is -1.60. The van der Waals surface area contributed by atoms with Crippen LogP contribution in [0.1, 0.15) is 0 Å². The van der Waals surface area contributed by atoms with Crippen LogP contribution in [-0.2, 0) is 0 Å². The van der Waals surface area contributed by atoms with Crippen molar-refractivity contribution in [3.05, 3.63) is 0 Å². The topological polar surface area (TPSA) is 0 Å². The molecule has 238 valence electrons. The van der Waals surface area contributed by atoms with Gasteiger partial charge in [-0.05, 0) is 106 Å². The minimum Gasteiger partial charge on any atom is -0.106 e. The maximum Gasteiger partial charge on any atom is 0 e. The van der Waals surface area contributed by atoms with E-state index in [2.05, 4.69) is 325 Å². The van der Waals surface area contributed by atoms with Crippen molar-refractivity contribution in [2.45, 2.75) is 0 Å². The summed E-state index contributed by atoms with van der Waals surface area (Å²) in [7, 11) is 0. The molecule has 0 aliphatic carbocycles. The molecule has 0 unspecified atom stereocenters. The van der Waals surface area contributed by atoms with Gasteiger partial charge in [0.2, 0.25) is 0 Å². The van der Waals surface area contributed by atoms with E-state index in [9.17, 15) is 0 Å². The van der Waals surface area contributed by atoms with E-state index in [0.29, 0.717) is 0 Å². The molecular weight excluding hydrogens is 717 g/mol. The highest BCUT2D eigenvalue weighted by Crippen LogP contribution is 1.81. The molecule has 0 nitrogen and oxygen atoms in total. The Balaban J connectivity index is 4.58. The van der Waals surface area contributed by atoms with Crippen molar-refractivity contribution in [3.63, 3.8) is 0 Å². The predicted octanol–water partition coefficient (Wildman–Crippen LogP) is 1.03. The van der Waals surface area contributed by atoms with Crippen LogP contribution in [0, 0.1) is 331 Å². The number of hydrogen-bond donors (Lipinski definition) is 0. The van der Waals surface area contributed by atoms with Gasteiger partial charge in [-0.2, -0.15) is 0 Å². The predicted molar refractivity (Wildman–Crippen MR) is 232 cm³/mol. The van der Waals surface area contributed by atoms with Crippen LogP contribution in [0.25, 0.3) is 0 Å². The van der Waals surface area contributed by atoms with Gasteiger partial charge in [0, 0.05) is 225 Å². The Labute approximate surface area is 347 Å². The zero-order valence-electron chi connectivity index (χ0n) is 29.5. The molecule has 0 saturated heterocycles. The summed E-state index contributed by atoms with van der Waals surface area (Å²) >= 11 is 1.37. The van der Waals surface area contributed by atoms with Gasteiger partial charge in [-0.15, -0.1) is 6.42 Å². The fourth-order valence-corrected chi connectivity index (χ4v) is 1.86. The van der Waals surface area contributed by atoms with Crippen LogP contribution in [0.15, 0.2) is 0 Å². The van der Waals surface area contributed by atoms with Gasteiger partial charge in [0.25, 0.3) is 0 Å². The molecule has 1 heteroatoms. The zero-order valence-corrected chi connectivity index (χ0v) is 30.3. The zero-order chi connectivity index (χ0) is 41.6. The van der Waals surface area contributed by atoms with Crippen molar-refractivity contribution in [3.8, 4) is 331 Å². The molecule has 0 aromatic carbocycles. The highest BCUT2D eigenvalue weighted by atomic mass is 32.2. The first-order valence-corrected chi connectivity index (χ1v) is 15.6. The molecule has 0 aromatic rings. The summed E-state index contributed by atoms with van der Waals surface area (Å²) in [6, 6.07) is 0. The number of hydrogen-bond acceptors (Lipinski definition) is 1. The first-order chi connectivity index (χ1) is 28.9. The van der Waals surface area contributed by atoms with Crippen molar-refractivity contribution in [1.82, 2.24) is 0 Å². The molecule has 0 aliphatic heterocycles. The number of rotatable bonds is 0. The summed E-state index contributed by atoms with van der Waals surface area (Å²) in [4.78, 5) is 0. The quantitative estimate of drug-likeness (QED) is 0.338. The Morgan fingerprint density at radius 1 is 0.172 bits per heavy atom. The van der Waals surface area contributed by atoms with Crippen LogP contribution in [0.3, 0.4) is 0 Å². The number of thioether (sulfide) groups is 1. The molecule has 58 heavy (non-hydrogen) atoms. The highest BCUT2D eigenvalue weighted by molar-refractivity contribution is 8.03. The summed E-state index contributed by atoms with van der Waals surface area (Å²) in [5, 5.41) is 2.72. The minimum atomic E-state index is 1.37. The second-order valence-electron chi connectivity index (χ2n) is 7.08. The number of terminal acetylenes is 1. The van der Waals surface area contributed by atoms with Crippen LogP contribution < -0.4 is 0 Å². The second kappa shape index (κ2) is 45.0. The summed E-state index contributed by atoms with van der Waals surface area (Å²) in [6.07, 6.45) is 6.79. The van der Waals surface area contributed by atoms with Gasteiger partial charge >= 0.3 is 0 Å². The SMILES string of the molecule is C#CC#CC#CC#CC#CC#CC#CC#CC#CC#CC#CC#CC#CC#CC#CC#CC#CC#CC#CC#CC#CC#CC#CC#CC#CC#CC#CC#CSC. The van der Waals surface area contributed by atoms with Crippen LogP contribution in [0.4, 0.5) is 0 Å². The van der Waals surface area contributed by atoms with E-state index in [4.69, 9.17) is 6.42 Å². The standard InChI is InChI=1S/C57H4S/c1-3-4-5-6-7-8-9-10-11-12-13-14-15-16-17-18-19-20-21-22-23-24-25-26-27-28-29-30-31-32-33-34-35-36-37-38-39-40-41-42-43-44-45-46-47-48-49-50-51-52-53-54-55-56-57-58-2/h1H,2H3. The van der Waals surface area contributed by atoms with Gasteiger partial charge in [-0.3, -0.25) is 0 Å². The van der Waals surface area contributed by atoms with Crippen LogP contribution in [-0.4, -0.2) is 6.26 Å². The highest BCUT2D eigenvalue weighted by Gasteiger charge is 1.63. The van der Waals surface area contributed by atoms with Crippen LogP contribution >= 0.6 is 11.8 Å². The average Bonchev–Trinajstić information content (AvgIpc) is 3.23. The monoisotopic (exact) mass is 720 g/mol. The van der Waals surface area contributed by atoms with E-state index in [1.165, 1.54) is 11.8 Å². The normalized spacial score (nSPS) is 4.07. The molecule has 0 aliphatic rings. The van der Waals surface area contributed by atoms with Gasteiger partial charge in [0.05, 0.1) is 0 Å². The summed E-state index contributed by atoms with van der Waals surface area (Å²) in [5.41, 5.74) is 0. The molecule has 0 saturated carbocycles. The third-order valence-corrected chi connectivity index (χ3v) is 3.78. The van der Waals surface area contributed by atoms with Gasteiger partial charge in [-0.1, -0.05) is 11.8 Å². The van der Waals surface area contributed by atoms with Crippen LogP contribution in [0.5, 0.6) is 0 Å². The first kappa shape index (κ1) is 46.0.